The van der Waals surface area contributed by atoms with Gasteiger partial charge in [0.15, 0.2) is 6.29 Å². The van der Waals surface area contributed by atoms with Crippen molar-refractivity contribution in [2.45, 2.75) is 38.0 Å². The largest absolute Gasteiger partial charge is 0.348 e. The van der Waals surface area contributed by atoms with Crippen LogP contribution in [0.1, 0.15) is 24.8 Å². The van der Waals surface area contributed by atoms with Crippen LogP contribution in [0.5, 0.6) is 0 Å². The summed E-state index contributed by atoms with van der Waals surface area (Å²) >= 11 is 0. The summed E-state index contributed by atoms with van der Waals surface area (Å²) in [6.07, 6.45) is 4.73. The third kappa shape index (κ3) is 3.54. The highest BCUT2D eigenvalue weighted by Gasteiger charge is 2.35. The Morgan fingerprint density at radius 1 is 1.16 bits per heavy atom. The molecule has 1 aromatic heterocycles. The molecule has 1 atom stereocenters. The number of hydrogen-bond donors (Lipinski definition) is 0. The second-order valence-electron chi connectivity index (χ2n) is 6.36. The van der Waals surface area contributed by atoms with Gasteiger partial charge in [0.1, 0.15) is 6.33 Å². The molecule has 2 aromatic rings. The number of piperidine rings is 1. The highest BCUT2D eigenvalue weighted by atomic mass is 16.7. The molecule has 0 bridgehead atoms. The number of tetrazole rings is 1. The van der Waals surface area contributed by atoms with Crippen molar-refractivity contribution < 1.29 is 14.3 Å². The third-order valence-corrected chi connectivity index (χ3v) is 4.74. The van der Waals surface area contributed by atoms with Gasteiger partial charge in [-0.25, -0.2) is 4.68 Å². The summed E-state index contributed by atoms with van der Waals surface area (Å²) < 4.78 is 12.9. The van der Waals surface area contributed by atoms with E-state index in [9.17, 15) is 4.79 Å². The Balaban J connectivity index is 1.43. The van der Waals surface area contributed by atoms with Crippen LogP contribution < -0.4 is 0 Å². The lowest BCUT2D eigenvalue weighted by Crippen LogP contribution is -2.50. The van der Waals surface area contributed by atoms with Crippen molar-refractivity contribution in [1.29, 1.82) is 0 Å². The topological polar surface area (TPSA) is 82.4 Å². The van der Waals surface area contributed by atoms with Gasteiger partial charge in [0.2, 0.25) is 5.91 Å². The molecule has 2 aliphatic heterocycles. The molecule has 1 aromatic carbocycles. The molecule has 0 unspecified atom stereocenters. The number of ether oxygens (including phenoxy) is 2. The van der Waals surface area contributed by atoms with Crippen molar-refractivity contribution in [3.8, 4) is 5.69 Å². The number of benzene rings is 1. The van der Waals surface area contributed by atoms with E-state index in [0.29, 0.717) is 19.6 Å². The van der Waals surface area contributed by atoms with Crippen LogP contribution in [0.2, 0.25) is 0 Å². The van der Waals surface area contributed by atoms with Crippen LogP contribution in [0.15, 0.2) is 30.6 Å². The average Bonchev–Trinajstić information content (AvgIpc) is 3.36. The zero-order valence-corrected chi connectivity index (χ0v) is 14.0. The Morgan fingerprint density at radius 3 is 2.68 bits per heavy atom. The predicted octanol–water partition coefficient (Wildman–Crippen LogP) is 0.959. The van der Waals surface area contributed by atoms with E-state index in [1.54, 1.807) is 11.0 Å². The molecular weight excluding hydrogens is 322 g/mol. The van der Waals surface area contributed by atoms with Gasteiger partial charge in [-0.15, -0.1) is 5.10 Å². The molecule has 0 aliphatic carbocycles. The molecule has 2 aliphatic rings. The van der Waals surface area contributed by atoms with E-state index in [0.717, 1.165) is 37.1 Å². The second-order valence-corrected chi connectivity index (χ2v) is 6.36. The zero-order chi connectivity index (χ0) is 17.1. The second kappa shape index (κ2) is 7.28. The number of amides is 1. The Morgan fingerprint density at radius 2 is 1.96 bits per heavy atom. The Bertz CT molecular complexity index is 698. The van der Waals surface area contributed by atoms with Gasteiger partial charge in [-0.2, -0.15) is 0 Å². The van der Waals surface area contributed by atoms with Crippen LogP contribution in [-0.4, -0.2) is 63.1 Å². The monoisotopic (exact) mass is 343 g/mol. The number of nitrogens with zero attached hydrogens (tertiary/aromatic N) is 5. The molecule has 4 rings (SSSR count). The minimum Gasteiger partial charge on any atom is -0.348 e. The summed E-state index contributed by atoms with van der Waals surface area (Å²) in [6.45, 7) is 2.00. The molecule has 2 fully saturated rings. The Hall–Kier alpha value is -2.32. The summed E-state index contributed by atoms with van der Waals surface area (Å²) in [5.74, 6) is 0.124. The minimum atomic E-state index is -0.272. The molecule has 132 valence electrons. The van der Waals surface area contributed by atoms with Gasteiger partial charge in [-0.1, -0.05) is 12.1 Å². The van der Waals surface area contributed by atoms with Crippen LogP contribution >= 0.6 is 0 Å². The quantitative estimate of drug-likeness (QED) is 0.822. The van der Waals surface area contributed by atoms with Gasteiger partial charge in [0.05, 0.1) is 31.4 Å². The van der Waals surface area contributed by atoms with Crippen LogP contribution in [0.3, 0.4) is 0 Å². The first-order valence-corrected chi connectivity index (χ1v) is 8.66. The molecule has 0 radical (unpaired) electrons. The molecule has 0 spiro atoms. The molecular formula is C17H21N5O3. The molecule has 25 heavy (non-hydrogen) atoms. The number of carbonyl (C=O) groups is 1. The van der Waals surface area contributed by atoms with Crippen molar-refractivity contribution in [3.05, 3.63) is 36.2 Å². The smallest absolute Gasteiger partial charge is 0.227 e. The Kier molecular flexibility index (Phi) is 4.71. The summed E-state index contributed by atoms with van der Waals surface area (Å²) in [5.41, 5.74) is 1.84. The summed E-state index contributed by atoms with van der Waals surface area (Å²) in [7, 11) is 0. The Labute approximate surface area is 145 Å². The van der Waals surface area contributed by atoms with Crippen LogP contribution in [-0.2, 0) is 20.7 Å². The van der Waals surface area contributed by atoms with Crippen molar-refractivity contribution in [3.63, 3.8) is 0 Å². The van der Waals surface area contributed by atoms with E-state index in [2.05, 4.69) is 15.5 Å². The normalized spacial score (nSPS) is 21.6. The fraction of sp³-hybridized carbons (Fsp3) is 0.529. The van der Waals surface area contributed by atoms with Gasteiger partial charge in [-0.3, -0.25) is 4.79 Å². The maximum absolute atomic E-state index is 12.8. The van der Waals surface area contributed by atoms with Crippen molar-refractivity contribution in [2.75, 3.05) is 19.8 Å². The van der Waals surface area contributed by atoms with Gasteiger partial charge in [0.25, 0.3) is 0 Å². The summed E-state index contributed by atoms with van der Waals surface area (Å²) in [5, 5.41) is 11.1. The zero-order valence-electron chi connectivity index (χ0n) is 14.0. The first kappa shape index (κ1) is 16.2. The van der Waals surface area contributed by atoms with E-state index >= 15 is 0 Å². The van der Waals surface area contributed by atoms with Gasteiger partial charge in [-0.05, 0) is 47.4 Å². The third-order valence-electron chi connectivity index (χ3n) is 4.74. The van der Waals surface area contributed by atoms with E-state index in [4.69, 9.17) is 9.47 Å². The first-order chi connectivity index (χ1) is 12.3. The average molecular weight is 343 g/mol. The number of rotatable bonds is 4. The lowest BCUT2D eigenvalue weighted by molar-refractivity contribution is -0.149. The number of carbonyl (C=O) groups excluding carboxylic acids is 1. The SMILES string of the molecule is O=C(Cc1ccc(-n2cnnn2)cc1)N1CCCC[C@@H]1C1OCCO1. The molecule has 0 saturated carbocycles. The fourth-order valence-corrected chi connectivity index (χ4v) is 3.47. The van der Waals surface area contributed by atoms with Crippen LogP contribution in [0.4, 0.5) is 0 Å². The maximum atomic E-state index is 12.8. The highest BCUT2D eigenvalue weighted by molar-refractivity contribution is 5.79. The van der Waals surface area contributed by atoms with E-state index in [1.165, 1.54) is 0 Å². The molecule has 3 heterocycles. The first-order valence-electron chi connectivity index (χ1n) is 8.66. The predicted molar refractivity (Wildman–Crippen MR) is 87.9 cm³/mol. The van der Waals surface area contributed by atoms with Crippen molar-refractivity contribution >= 4 is 5.91 Å². The van der Waals surface area contributed by atoms with E-state index in [-0.39, 0.29) is 18.2 Å². The highest BCUT2D eigenvalue weighted by Crippen LogP contribution is 2.25. The van der Waals surface area contributed by atoms with Crippen LogP contribution in [0, 0.1) is 0 Å². The standard InChI is InChI=1S/C17H21N5O3/c23-16(21-8-2-1-3-15(21)17-24-9-10-25-17)11-13-4-6-14(7-5-13)22-12-18-19-20-22/h4-7,12,15,17H,1-3,8-11H2/t15-/m1/s1. The van der Waals surface area contributed by atoms with E-state index < -0.39 is 0 Å². The molecule has 1 amide bonds. The molecule has 0 N–H and O–H groups in total. The maximum Gasteiger partial charge on any atom is 0.227 e. The van der Waals surface area contributed by atoms with Crippen LogP contribution in [0.25, 0.3) is 5.69 Å². The van der Waals surface area contributed by atoms with Crippen molar-refractivity contribution in [2.24, 2.45) is 0 Å². The van der Waals surface area contributed by atoms with Gasteiger partial charge >= 0.3 is 0 Å². The van der Waals surface area contributed by atoms with Gasteiger partial charge < -0.3 is 14.4 Å². The number of likely N-dealkylation sites (tertiary alicyclic amines) is 1. The molecule has 8 heteroatoms. The van der Waals surface area contributed by atoms with Gasteiger partial charge in [0, 0.05) is 6.54 Å². The lowest BCUT2D eigenvalue weighted by Gasteiger charge is -2.38. The number of hydrogen-bond acceptors (Lipinski definition) is 6. The van der Waals surface area contributed by atoms with Crippen molar-refractivity contribution in [1.82, 2.24) is 25.1 Å². The number of aromatic nitrogens is 4. The molecule has 2 saturated heterocycles. The molecule has 8 nitrogen and oxygen atoms in total. The fourth-order valence-electron chi connectivity index (χ4n) is 3.47. The minimum absolute atomic E-state index is 0.0317. The van der Waals surface area contributed by atoms with E-state index in [1.807, 2.05) is 29.2 Å². The summed E-state index contributed by atoms with van der Waals surface area (Å²) in [6, 6.07) is 7.74. The lowest BCUT2D eigenvalue weighted by atomic mass is 10.00. The summed E-state index contributed by atoms with van der Waals surface area (Å²) in [4.78, 5) is 14.8.